The monoisotopic (exact) mass is 353 g/mol. The third-order valence-electron chi connectivity index (χ3n) is 4.22. The van der Waals surface area contributed by atoms with E-state index in [9.17, 15) is 9.18 Å². The molecule has 8 heteroatoms. The number of nitrogens with zero attached hydrogens (tertiary/aromatic N) is 5. The zero-order valence-corrected chi connectivity index (χ0v) is 14.1. The summed E-state index contributed by atoms with van der Waals surface area (Å²) in [5, 5.41) is 4.60. The molecule has 7 nitrogen and oxygen atoms in total. The minimum Gasteiger partial charge on any atom is -0.464 e. The Morgan fingerprint density at radius 2 is 2.04 bits per heavy atom. The van der Waals surface area contributed by atoms with Gasteiger partial charge in [-0.05, 0) is 17.7 Å². The van der Waals surface area contributed by atoms with Gasteiger partial charge in [0.25, 0.3) is 0 Å². The molecule has 1 aromatic carbocycles. The number of ether oxygens (including phenoxy) is 1. The van der Waals surface area contributed by atoms with Crippen molar-refractivity contribution in [1.29, 1.82) is 0 Å². The maximum absolute atomic E-state index is 13.0. The smallest absolute Gasteiger partial charge is 0.358 e. The Kier molecular flexibility index (Phi) is 4.08. The molecule has 0 saturated carbocycles. The zero-order valence-electron chi connectivity index (χ0n) is 14.1. The number of carbonyl (C=O) groups excluding carboxylic acids is 1. The minimum absolute atomic E-state index is 0.177. The largest absolute Gasteiger partial charge is 0.464 e. The van der Waals surface area contributed by atoms with E-state index in [4.69, 9.17) is 0 Å². The summed E-state index contributed by atoms with van der Waals surface area (Å²) in [4.78, 5) is 22.0. The van der Waals surface area contributed by atoms with Crippen molar-refractivity contribution in [1.82, 2.24) is 19.7 Å². The van der Waals surface area contributed by atoms with E-state index >= 15 is 0 Å². The van der Waals surface area contributed by atoms with Crippen molar-refractivity contribution < 1.29 is 13.9 Å². The lowest BCUT2D eigenvalue weighted by atomic mass is 10.2. The first-order valence-corrected chi connectivity index (χ1v) is 8.07. The van der Waals surface area contributed by atoms with Gasteiger partial charge in [0.15, 0.2) is 5.69 Å². The molecular formula is C18H16FN5O2. The average molecular weight is 353 g/mol. The molecule has 0 unspecified atom stereocenters. The molecule has 0 radical (unpaired) electrons. The van der Waals surface area contributed by atoms with Crippen LogP contribution in [0, 0.1) is 5.82 Å². The van der Waals surface area contributed by atoms with E-state index in [1.54, 1.807) is 18.3 Å². The number of rotatable bonds is 4. The van der Waals surface area contributed by atoms with Crippen molar-refractivity contribution in [2.24, 2.45) is 0 Å². The Labute approximate surface area is 149 Å². The van der Waals surface area contributed by atoms with E-state index in [0.717, 1.165) is 16.8 Å². The topological polar surface area (TPSA) is 73.1 Å². The lowest BCUT2D eigenvalue weighted by Gasteiger charge is -2.16. The zero-order chi connectivity index (χ0) is 18.1. The molecule has 26 heavy (non-hydrogen) atoms. The van der Waals surface area contributed by atoms with Crippen molar-refractivity contribution in [3.8, 4) is 0 Å². The Bertz CT molecular complexity index is 931. The van der Waals surface area contributed by atoms with Gasteiger partial charge in [-0.2, -0.15) is 5.10 Å². The Hall–Kier alpha value is -3.29. The third-order valence-corrected chi connectivity index (χ3v) is 4.22. The third kappa shape index (κ3) is 3.13. The summed E-state index contributed by atoms with van der Waals surface area (Å²) in [5.41, 5.74) is 3.21. The highest BCUT2D eigenvalue weighted by Crippen LogP contribution is 2.26. The molecule has 0 amide bonds. The summed E-state index contributed by atoms with van der Waals surface area (Å²) in [5.74, 6) is -0.153. The van der Waals surface area contributed by atoms with Gasteiger partial charge in [-0.1, -0.05) is 12.1 Å². The molecule has 0 N–H and O–H groups in total. The molecule has 0 bridgehead atoms. The molecule has 1 aliphatic rings. The van der Waals surface area contributed by atoms with Crippen LogP contribution in [0.5, 0.6) is 0 Å². The summed E-state index contributed by atoms with van der Waals surface area (Å²) in [6, 6.07) is 6.40. The van der Waals surface area contributed by atoms with Gasteiger partial charge in [0.1, 0.15) is 11.6 Å². The van der Waals surface area contributed by atoms with Gasteiger partial charge in [0.2, 0.25) is 0 Å². The minimum atomic E-state index is -0.513. The van der Waals surface area contributed by atoms with E-state index in [1.165, 1.54) is 25.4 Å². The van der Waals surface area contributed by atoms with Crippen LogP contribution in [0.2, 0.25) is 0 Å². The molecule has 0 atom stereocenters. The Morgan fingerprint density at radius 3 is 2.77 bits per heavy atom. The Balaban J connectivity index is 1.48. The van der Waals surface area contributed by atoms with Crippen molar-refractivity contribution >= 4 is 11.8 Å². The van der Waals surface area contributed by atoms with Crippen molar-refractivity contribution in [2.75, 3.05) is 12.0 Å². The fraction of sp³-hybridized carbons (Fsp3) is 0.222. The second-order valence-electron chi connectivity index (χ2n) is 6.04. The number of anilines is 1. The number of esters is 1. The lowest BCUT2D eigenvalue weighted by Crippen LogP contribution is -2.19. The molecule has 2 aromatic heterocycles. The van der Waals surface area contributed by atoms with Crippen LogP contribution in [-0.4, -0.2) is 32.8 Å². The van der Waals surface area contributed by atoms with Gasteiger partial charge in [0.05, 0.1) is 38.3 Å². The molecular weight excluding hydrogens is 337 g/mol. The molecule has 3 aromatic rings. The predicted molar refractivity (Wildman–Crippen MR) is 91.0 cm³/mol. The summed E-state index contributed by atoms with van der Waals surface area (Å²) in [6.07, 6.45) is 4.98. The first-order chi connectivity index (χ1) is 12.6. The number of fused-ring (bicyclic) bond motifs is 1. The van der Waals surface area contributed by atoms with E-state index < -0.39 is 5.97 Å². The molecule has 3 heterocycles. The number of methoxy groups -OCH3 is 1. The molecule has 0 saturated heterocycles. The van der Waals surface area contributed by atoms with Crippen LogP contribution in [0.4, 0.5) is 10.2 Å². The van der Waals surface area contributed by atoms with Crippen LogP contribution in [0.25, 0.3) is 0 Å². The van der Waals surface area contributed by atoms with Crippen molar-refractivity contribution in [3.05, 3.63) is 71.2 Å². The molecule has 4 rings (SSSR count). The normalized spacial score (nSPS) is 12.9. The van der Waals surface area contributed by atoms with E-state index in [-0.39, 0.29) is 11.5 Å². The van der Waals surface area contributed by atoms with Crippen molar-refractivity contribution in [2.45, 2.75) is 19.6 Å². The highest BCUT2D eigenvalue weighted by Gasteiger charge is 2.24. The quantitative estimate of drug-likeness (QED) is 0.670. The van der Waals surface area contributed by atoms with Crippen LogP contribution in [0.3, 0.4) is 0 Å². The average Bonchev–Trinajstić information content (AvgIpc) is 3.21. The fourth-order valence-electron chi connectivity index (χ4n) is 2.94. The molecule has 132 valence electrons. The van der Waals surface area contributed by atoms with E-state index in [2.05, 4.69) is 19.8 Å². The van der Waals surface area contributed by atoms with Gasteiger partial charge >= 0.3 is 5.97 Å². The summed E-state index contributed by atoms with van der Waals surface area (Å²) < 4.78 is 19.5. The van der Waals surface area contributed by atoms with Crippen LogP contribution in [0.15, 0.2) is 42.9 Å². The lowest BCUT2D eigenvalue weighted by molar-refractivity contribution is 0.0593. The highest BCUT2D eigenvalue weighted by molar-refractivity contribution is 5.87. The van der Waals surface area contributed by atoms with Crippen LogP contribution in [0.1, 0.15) is 27.3 Å². The first-order valence-electron chi connectivity index (χ1n) is 8.07. The van der Waals surface area contributed by atoms with Crippen LogP contribution >= 0.6 is 0 Å². The van der Waals surface area contributed by atoms with Gasteiger partial charge < -0.3 is 9.64 Å². The standard InChI is InChI=1S/C18H16FN5O2/c1-26-18(25)15-6-20-7-17(21-15)23-9-13-10-24(22-16(13)11-23)8-12-2-4-14(19)5-3-12/h2-7,10H,8-9,11H2,1H3. The number of aromatic nitrogens is 4. The van der Waals surface area contributed by atoms with E-state index in [0.29, 0.717) is 25.5 Å². The summed E-state index contributed by atoms with van der Waals surface area (Å²) >= 11 is 0. The number of benzene rings is 1. The van der Waals surface area contributed by atoms with Crippen LogP contribution in [-0.2, 0) is 24.4 Å². The second-order valence-corrected chi connectivity index (χ2v) is 6.04. The number of carbonyl (C=O) groups is 1. The van der Waals surface area contributed by atoms with Gasteiger partial charge in [-0.15, -0.1) is 0 Å². The molecule has 1 aliphatic heterocycles. The van der Waals surface area contributed by atoms with Crippen molar-refractivity contribution in [3.63, 3.8) is 0 Å². The van der Waals surface area contributed by atoms with Gasteiger partial charge in [-0.25, -0.2) is 14.2 Å². The SMILES string of the molecule is COC(=O)c1cncc(N2Cc3cn(Cc4ccc(F)cc4)nc3C2)n1. The maximum Gasteiger partial charge on any atom is 0.358 e. The molecule has 0 spiro atoms. The van der Waals surface area contributed by atoms with E-state index in [1.807, 2.05) is 15.8 Å². The second kappa shape index (κ2) is 6.55. The maximum atomic E-state index is 13.0. The summed E-state index contributed by atoms with van der Waals surface area (Å²) in [7, 11) is 1.31. The molecule has 0 aliphatic carbocycles. The van der Waals surface area contributed by atoms with Crippen LogP contribution < -0.4 is 4.90 Å². The van der Waals surface area contributed by atoms with Gasteiger partial charge in [-0.3, -0.25) is 9.67 Å². The number of halogens is 1. The molecule has 0 fully saturated rings. The summed E-state index contributed by atoms with van der Waals surface area (Å²) in [6.45, 7) is 1.81. The fourth-order valence-corrected chi connectivity index (χ4v) is 2.94. The number of hydrogen-bond donors (Lipinski definition) is 0. The van der Waals surface area contributed by atoms with Gasteiger partial charge in [0, 0.05) is 18.3 Å². The number of hydrogen-bond acceptors (Lipinski definition) is 6. The Morgan fingerprint density at radius 1 is 1.23 bits per heavy atom. The predicted octanol–water partition coefficient (Wildman–Crippen LogP) is 2.17. The highest BCUT2D eigenvalue weighted by atomic mass is 19.1. The first kappa shape index (κ1) is 16.2.